The molecule has 20 heavy (non-hydrogen) atoms. The molecule has 0 aliphatic heterocycles. The second-order valence-electron chi connectivity index (χ2n) is 4.43. The Kier molecular flexibility index (Phi) is 3.16. The zero-order valence-corrected chi connectivity index (χ0v) is 11.1. The summed E-state index contributed by atoms with van der Waals surface area (Å²) in [7, 11) is 0. The van der Waals surface area contributed by atoms with Crippen LogP contribution in [0.25, 0.3) is 11.1 Å². The Morgan fingerprint density at radius 2 is 2.05 bits per heavy atom. The van der Waals surface area contributed by atoms with Gasteiger partial charge in [-0.15, -0.1) is 0 Å². The van der Waals surface area contributed by atoms with E-state index in [1.807, 2.05) is 12.1 Å². The average molecular weight is 288 g/mol. The first-order valence-electron chi connectivity index (χ1n) is 6.00. The molecule has 0 unspecified atom stereocenters. The first-order valence-corrected chi connectivity index (χ1v) is 6.38. The molecule has 0 radical (unpaired) electrons. The van der Waals surface area contributed by atoms with Gasteiger partial charge in [-0.3, -0.25) is 9.36 Å². The summed E-state index contributed by atoms with van der Waals surface area (Å²) in [5.74, 6) is -0.456. The van der Waals surface area contributed by atoms with E-state index >= 15 is 0 Å². The molecule has 0 saturated carbocycles. The highest BCUT2D eigenvalue weighted by molar-refractivity contribution is 6.30. The molecule has 5 heteroatoms. The van der Waals surface area contributed by atoms with Crippen LogP contribution in [0.3, 0.4) is 0 Å². The fourth-order valence-corrected chi connectivity index (χ4v) is 2.34. The van der Waals surface area contributed by atoms with E-state index in [4.69, 9.17) is 16.0 Å². The zero-order valence-electron chi connectivity index (χ0n) is 10.4. The van der Waals surface area contributed by atoms with Crippen molar-refractivity contribution in [2.45, 2.75) is 6.54 Å². The lowest BCUT2D eigenvalue weighted by molar-refractivity contribution is 0.112. The summed E-state index contributed by atoms with van der Waals surface area (Å²) in [6.45, 7) is 0.368. The Morgan fingerprint density at radius 3 is 2.80 bits per heavy atom. The molecule has 0 aliphatic rings. The number of aldehydes is 1. The summed E-state index contributed by atoms with van der Waals surface area (Å²) in [5.41, 5.74) is 2.44. The molecule has 0 amide bonds. The van der Waals surface area contributed by atoms with Gasteiger partial charge in [0.2, 0.25) is 0 Å². The van der Waals surface area contributed by atoms with Gasteiger partial charge in [-0.25, -0.2) is 4.79 Å². The summed E-state index contributed by atoms with van der Waals surface area (Å²) >= 11 is 5.93. The van der Waals surface area contributed by atoms with Gasteiger partial charge in [0.15, 0.2) is 5.58 Å². The van der Waals surface area contributed by atoms with Gasteiger partial charge in [0.1, 0.15) is 6.29 Å². The highest BCUT2D eigenvalue weighted by Crippen LogP contribution is 2.17. The van der Waals surface area contributed by atoms with Gasteiger partial charge in [-0.2, -0.15) is 0 Å². The highest BCUT2D eigenvalue weighted by Gasteiger charge is 2.10. The Balaban J connectivity index is 2.09. The molecule has 100 valence electrons. The summed E-state index contributed by atoms with van der Waals surface area (Å²) in [5, 5.41) is 0.617. The molecule has 2 aromatic carbocycles. The second kappa shape index (κ2) is 4.98. The summed E-state index contributed by atoms with van der Waals surface area (Å²) in [4.78, 5) is 22.6. The van der Waals surface area contributed by atoms with Crippen molar-refractivity contribution >= 4 is 29.0 Å². The quantitative estimate of drug-likeness (QED) is 0.696. The largest absolute Gasteiger partial charge is 0.420 e. The number of rotatable bonds is 3. The molecule has 1 heterocycles. The van der Waals surface area contributed by atoms with Gasteiger partial charge < -0.3 is 4.42 Å². The van der Waals surface area contributed by atoms with Crippen LogP contribution in [0.2, 0.25) is 5.02 Å². The van der Waals surface area contributed by atoms with Gasteiger partial charge in [-0.1, -0.05) is 23.7 Å². The maximum Gasteiger partial charge on any atom is 0.420 e. The number of carbonyl (C=O) groups excluding carboxylic acids is 1. The summed E-state index contributed by atoms with van der Waals surface area (Å²) in [6.07, 6.45) is 0.716. The van der Waals surface area contributed by atoms with Crippen molar-refractivity contribution in [1.82, 2.24) is 4.57 Å². The molecule has 0 aliphatic carbocycles. The Morgan fingerprint density at radius 1 is 1.20 bits per heavy atom. The third kappa shape index (κ3) is 2.26. The number of nitrogens with zero attached hydrogens (tertiary/aromatic N) is 1. The van der Waals surface area contributed by atoms with Crippen molar-refractivity contribution in [3.8, 4) is 0 Å². The fourth-order valence-electron chi connectivity index (χ4n) is 2.12. The molecule has 0 atom stereocenters. The van der Waals surface area contributed by atoms with Crippen molar-refractivity contribution in [2.75, 3.05) is 0 Å². The zero-order chi connectivity index (χ0) is 14.1. The van der Waals surface area contributed by atoms with Gasteiger partial charge in [0.05, 0.1) is 12.1 Å². The number of benzene rings is 2. The lowest BCUT2D eigenvalue weighted by Crippen LogP contribution is -2.14. The van der Waals surface area contributed by atoms with Gasteiger partial charge >= 0.3 is 5.76 Å². The molecule has 0 spiro atoms. The van der Waals surface area contributed by atoms with Gasteiger partial charge in [0, 0.05) is 10.6 Å². The number of carbonyl (C=O) groups is 1. The SMILES string of the molecule is O=Cc1ccc2c(c1)oc(=O)n2Cc1cccc(Cl)c1. The molecular weight excluding hydrogens is 278 g/mol. The highest BCUT2D eigenvalue weighted by atomic mass is 35.5. The predicted octanol–water partition coefficient (Wildman–Crippen LogP) is 3.11. The van der Waals surface area contributed by atoms with Crippen molar-refractivity contribution in [3.63, 3.8) is 0 Å². The number of hydrogen-bond donors (Lipinski definition) is 0. The smallest absolute Gasteiger partial charge is 0.408 e. The summed E-state index contributed by atoms with van der Waals surface area (Å²) < 4.78 is 6.67. The Labute approximate surface area is 119 Å². The molecule has 0 saturated heterocycles. The summed E-state index contributed by atoms with van der Waals surface area (Å²) in [6, 6.07) is 12.2. The van der Waals surface area contributed by atoms with Crippen LogP contribution in [-0.4, -0.2) is 10.9 Å². The van der Waals surface area contributed by atoms with Crippen molar-refractivity contribution < 1.29 is 9.21 Å². The third-order valence-electron chi connectivity index (χ3n) is 3.06. The van der Waals surface area contributed by atoms with E-state index in [-0.39, 0.29) is 0 Å². The van der Waals surface area contributed by atoms with Crippen molar-refractivity contribution in [3.05, 3.63) is 69.2 Å². The van der Waals surface area contributed by atoms with Crippen LogP contribution in [-0.2, 0) is 6.54 Å². The first-order chi connectivity index (χ1) is 9.67. The number of hydrogen-bond acceptors (Lipinski definition) is 3. The van der Waals surface area contributed by atoms with E-state index < -0.39 is 5.76 Å². The second-order valence-corrected chi connectivity index (χ2v) is 4.87. The molecular formula is C15H10ClNO3. The van der Waals surface area contributed by atoms with Crippen molar-refractivity contribution in [2.24, 2.45) is 0 Å². The Bertz CT molecular complexity index is 848. The average Bonchev–Trinajstić information content (AvgIpc) is 2.74. The fraction of sp³-hybridized carbons (Fsp3) is 0.0667. The van der Waals surface area contributed by atoms with Crippen molar-refractivity contribution in [1.29, 1.82) is 0 Å². The van der Waals surface area contributed by atoms with E-state index in [2.05, 4.69) is 0 Å². The molecule has 0 fully saturated rings. The van der Waals surface area contributed by atoms with E-state index in [1.54, 1.807) is 30.3 Å². The molecule has 3 aromatic rings. The number of aromatic nitrogens is 1. The van der Waals surface area contributed by atoms with E-state index in [9.17, 15) is 9.59 Å². The maximum atomic E-state index is 11.9. The van der Waals surface area contributed by atoms with E-state index in [1.165, 1.54) is 4.57 Å². The Hall–Kier alpha value is -2.33. The molecule has 0 N–H and O–H groups in total. The maximum absolute atomic E-state index is 11.9. The van der Waals surface area contributed by atoms with Crippen LogP contribution in [0, 0.1) is 0 Å². The van der Waals surface area contributed by atoms with Gasteiger partial charge in [-0.05, 0) is 35.9 Å². The molecule has 4 nitrogen and oxygen atoms in total. The predicted molar refractivity (Wildman–Crippen MR) is 76.4 cm³/mol. The lowest BCUT2D eigenvalue weighted by Gasteiger charge is -2.03. The van der Waals surface area contributed by atoms with Crippen LogP contribution in [0.4, 0.5) is 0 Å². The normalized spacial score (nSPS) is 10.8. The minimum atomic E-state index is -0.456. The minimum Gasteiger partial charge on any atom is -0.408 e. The lowest BCUT2D eigenvalue weighted by atomic mass is 10.2. The monoisotopic (exact) mass is 287 g/mol. The van der Waals surface area contributed by atoms with E-state index in [0.29, 0.717) is 34.5 Å². The first kappa shape index (κ1) is 12.7. The number of halogens is 1. The minimum absolute atomic E-state index is 0.368. The topological polar surface area (TPSA) is 52.2 Å². The standard InChI is InChI=1S/C15H10ClNO3/c16-12-3-1-2-10(6-12)8-17-13-5-4-11(9-18)7-14(13)20-15(17)19/h1-7,9H,8H2. The molecule has 3 rings (SSSR count). The van der Waals surface area contributed by atoms with Crippen LogP contribution in [0.5, 0.6) is 0 Å². The van der Waals surface area contributed by atoms with Gasteiger partial charge in [0.25, 0.3) is 0 Å². The number of fused-ring (bicyclic) bond motifs is 1. The van der Waals surface area contributed by atoms with E-state index in [0.717, 1.165) is 5.56 Å². The number of oxazole rings is 1. The van der Waals surface area contributed by atoms with Crippen LogP contribution in [0.1, 0.15) is 15.9 Å². The third-order valence-corrected chi connectivity index (χ3v) is 3.29. The molecule has 0 bridgehead atoms. The van der Waals surface area contributed by atoms with Crippen LogP contribution < -0.4 is 5.76 Å². The van der Waals surface area contributed by atoms with Crippen LogP contribution >= 0.6 is 11.6 Å². The molecule has 1 aromatic heterocycles. The van der Waals surface area contributed by atoms with Crippen LogP contribution in [0.15, 0.2) is 51.7 Å².